The third-order valence-electron chi connectivity index (χ3n) is 4.37. The Balaban J connectivity index is 1.77. The molecule has 0 saturated carbocycles. The molecule has 2 heterocycles. The van der Waals surface area contributed by atoms with E-state index in [4.69, 9.17) is 25.8 Å². The minimum atomic E-state index is -0.538. The lowest BCUT2D eigenvalue weighted by Crippen LogP contribution is -2.40. The quantitative estimate of drug-likeness (QED) is 0.799. The number of methoxy groups -OCH3 is 1. The number of carbonyl (C=O) groups is 1. The molecular formula is C19H24ClN3O4. The summed E-state index contributed by atoms with van der Waals surface area (Å²) in [7, 11) is 1.59. The van der Waals surface area contributed by atoms with Crippen molar-refractivity contribution in [1.82, 2.24) is 15.3 Å². The third-order valence-corrected chi connectivity index (χ3v) is 4.62. The Morgan fingerprint density at radius 3 is 2.67 bits per heavy atom. The zero-order valence-electron chi connectivity index (χ0n) is 16.1. The number of hydrogen-bond donors (Lipinski definition) is 1. The first-order chi connectivity index (χ1) is 12.7. The standard InChI is InChI=1S/C19H24ClN3O4/c1-10-14(9-21-15(10)18(24)27-19(2,3)4)26-17-16(20)22-12-7-6-11(25-5)8-13(12)23-17/h6-8,10,14-15,21H,9H2,1-5H3/t10-,14+,15+/m1/s1. The first kappa shape index (κ1) is 19.6. The smallest absolute Gasteiger partial charge is 0.324 e. The Morgan fingerprint density at radius 2 is 2.00 bits per heavy atom. The Hall–Kier alpha value is -2.12. The summed E-state index contributed by atoms with van der Waals surface area (Å²) >= 11 is 6.25. The molecule has 0 spiro atoms. The molecule has 2 aromatic rings. The Morgan fingerprint density at radius 1 is 1.26 bits per heavy atom. The van der Waals surface area contributed by atoms with Crippen LogP contribution in [-0.4, -0.2) is 47.3 Å². The summed E-state index contributed by atoms with van der Waals surface area (Å²) < 4.78 is 16.7. The van der Waals surface area contributed by atoms with E-state index in [0.717, 1.165) is 0 Å². The molecule has 0 bridgehead atoms. The van der Waals surface area contributed by atoms with Gasteiger partial charge in [0.25, 0.3) is 5.88 Å². The van der Waals surface area contributed by atoms with Crippen LogP contribution >= 0.6 is 11.6 Å². The summed E-state index contributed by atoms with van der Waals surface area (Å²) in [6.45, 7) is 7.95. The second kappa shape index (κ2) is 7.48. The second-order valence-corrected chi connectivity index (χ2v) is 7.97. The van der Waals surface area contributed by atoms with Gasteiger partial charge >= 0.3 is 5.97 Å². The van der Waals surface area contributed by atoms with Gasteiger partial charge in [-0.1, -0.05) is 18.5 Å². The monoisotopic (exact) mass is 393 g/mol. The summed E-state index contributed by atoms with van der Waals surface area (Å²) in [5.74, 6) is 0.507. The Kier molecular flexibility index (Phi) is 5.44. The fourth-order valence-corrected chi connectivity index (χ4v) is 3.16. The molecule has 0 radical (unpaired) electrons. The number of esters is 1. The van der Waals surface area contributed by atoms with Gasteiger partial charge in [-0.15, -0.1) is 0 Å². The van der Waals surface area contributed by atoms with Gasteiger partial charge in [0.1, 0.15) is 23.5 Å². The Labute approximate surface area is 163 Å². The van der Waals surface area contributed by atoms with Crippen LogP contribution in [0.4, 0.5) is 0 Å². The molecule has 1 saturated heterocycles. The molecule has 7 nitrogen and oxygen atoms in total. The molecule has 1 aromatic heterocycles. The van der Waals surface area contributed by atoms with Crippen molar-refractivity contribution in [3.63, 3.8) is 0 Å². The van der Waals surface area contributed by atoms with E-state index >= 15 is 0 Å². The minimum absolute atomic E-state index is 0.112. The van der Waals surface area contributed by atoms with Crippen molar-refractivity contribution < 1.29 is 19.0 Å². The predicted octanol–water partition coefficient (Wildman–Crippen LogP) is 2.99. The number of fused-ring (bicyclic) bond motifs is 1. The van der Waals surface area contributed by atoms with Gasteiger partial charge in [0.15, 0.2) is 5.15 Å². The largest absolute Gasteiger partial charge is 0.497 e. The molecule has 1 aromatic carbocycles. The molecule has 1 fully saturated rings. The molecule has 3 rings (SSSR count). The lowest BCUT2D eigenvalue weighted by atomic mass is 10.0. The fraction of sp³-hybridized carbons (Fsp3) is 0.526. The zero-order valence-corrected chi connectivity index (χ0v) is 16.8. The van der Waals surface area contributed by atoms with Gasteiger partial charge in [0.2, 0.25) is 0 Å². The van der Waals surface area contributed by atoms with Gasteiger partial charge in [-0.25, -0.2) is 9.97 Å². The molecule has 1 N–H and O–H groups in total. The van der Waals surface area contributed by atoms with Crippen LogP contribution in [-0.2, 0) is 9.53 Å². The second-order valence-electron chi connectivity index (χ2n) is 7.61. The van der Waals surface area contributed by atoms with Crippen LogP contribution in [0.1, 0.15) is 27.7 Å². The maximum atomic E-state index is 12.4. The van der Waals surface area contributed by atoms with E-state index in [1.165, 1.54) is 0 Å². The lowest BCUT2D eigenvalue weighted by Gasteiger charge is -2.24. The maximum Gasteiger partial charge on any atom is 0.324 e. The maximum absolute atomic E-state index is 12.4. The van der Waals surface area contributed by atoms with E-state index in [9.17, 15) is 4.79 Å². The summed E-state index contributed by atoms with van der Waals surface area (Å²) in [4.78, 5) is 21.2. The zero-order chi connectivity index (χ0) is 19.8. The van der Waals surface area contributed by atoms with Crippen LogP contribution in [0.15, 0.2) is 18.2 Å². The SMILES string of the molecule is COc1ccc2nc(Cl)c(O[C@H]3CN[C@H](C(=O)OC(C)(C)C)[C@@H]3C)nc2c1. The highest BCUT2D eigenvalue weighted by atomic mass is 35.5. The third kappa shape index (κ3) is 4.42. The summed E-state index contributed by atoms with van der Waals surface area (Å²) in [5.41, 5.74) is 0.734. The van der Waals surface area contributed by atoms with Gasteiger partial charge in [-0.2, -0.15) is 0 Å². The highest BCUT2D eigenvalue weighted by molar-refractivity contribution is 6.31. The first-order valence-corrected chi connectivity index (χ1v) is 9.20. The fourth-order valence-electron chi connectivity index (χ4n) is 2.98. The molecule has 146 valence electrons. The van der Waals surface area contributed by atoms with Gasteiger partial charge in [0, 0.05) is 18.5 Å². The number of carbonyl (C=O) groups excluding carboxylic acids is 1. The van der Waals surface area contributed by atoms with E-state index in [0.29, 0.717) is 23.3 Å². The van der Waals surface area contributed by atoms with Gasteiger partial charge in [0.05, 0.1) is 18.1 Å². The van der Waals surface area contributed by atoms with Crippen LogP contribution in [0.3, 0.4) is 0 Å². The van der Waals surface area contributed by atoms with Crippen molar-refractivity contribution in [2.24, 2.45) is 5.92 Å². The lowest BCUT2D eigenvalue weighted by molar-refractivity contribution is -0.158. The Bertz CT molecular complexity index is 853. The average molecular weight is 394 g/mol. The van der Waals surface area contributed by atoms with Gasteiger partial charge in [-0.3, -0.25) is 4.79 Å². The summed E-state index contributed by atoms with van der Waals surface area (Å²) in [6, 6.07) is 4.91. The van der Waals surface area contributed by atoms with E-state index in [1.807, 2.05) is 27.7 Å². The van der Waals surface area contributed by atoms with Crippen molar-refractivity contribution in [2.45, 2.75) is 45.4 Å². The average Bonchev–Trinajstić information content (AvgIpc) is 2.94. The highest BCUT2D eigenvalue weighted by Gasteiger charge is 2.41. The van der Waals surface area contributed by atoms with E-state index in [1.54, 1.807) is 25.3 Å². The summed E-state index contributed by atoms with van der Waals surface area (Å²) in [6.07, 6.45) is -0.280. The highest BCUT2D eigenvalue weighted by Crippen LogP contribution is 2.29. The first-order valence-electron chi connectivity index (χ1n) is 8.82. The number of benzene rings is 1. The minimum Gasteiger partial charge on any atom is -0.497 e. The topological polar surface area (TPSA) is 82.6 Å². The van der Waals surface area contributed by atoms with E-state index in [-0.39, 0.29) is 29.0 Å². The molecule has 1 aliphatic heterocycles. The number of hydrogen-bond acceptors (Lipinski definition) is 7. The molecule has 8 heteroatoms. The number of ether oxygens (including phenoxy) is 3. The van der Waals surface area contributed by atoms with E-state index < -0.39 is 11.6 Å². The van der Waals surface area contributed by atoms with Crippen molar-refractivity contribution in [3.8, 4) is 11.6 Å². The van der Waals surface area contributed by atoms with Gasteiger partial charge < -0.3 is 19.5 Å². The number of nitrogens with one attached hydrogen (secondary N) is 1. The molecule has 1 aliphatic rings. The molecule has 27 heavy (non-hydrogen) atoms. The van der Waals surface area contributed by atoms with Crippen molar-refractivity contribution in [3.05, 3.63) is 23.4 Å². The number of rotatable bonds is 4. The number of halogens is 1. The van der Waals surface area contributed by atoms with Crippen LogP contribution < -0.4 is 14.8 Å². The summed E-state index contributed by atoms with van der Waals surface area (Å²) in [5, 5.41) is 3.34. The molecule has 0 unspecified atom stereocenters. The van der Waals surface area contributed by atoms with E-state index in [2.05, 4.69) is 15.3 Å². The van der Waals surface area contributed by atoms with Crippen LogP contribution in [0, 0.1) is 5.92 Å². The van der Waals surface area contributed by atoms with Gasteiger partial charge in [-0.05, 0) is 32.9 Å². The van der Waals surface area contributed by atoms with Crippen molar-refractivity contribution in [1.29, 1.82) is 0 Å². The van der Waals surface area contributed by atoms with Crippen molar-refractivity contribution >= 4 is 28.6 Å². The number of nitrogens with zero attached hydrogens (tertiary/aromatic N) is 2. The van der Waals surface area contributed by atoms with Crippen LogP contribution in [0.2, 0.25) is 5.15 Å². The predicted molar refractivity (Wildman–Crippen MR) is 102 cm³/mol. The number of aromatic nitrogens is 2. The molecule has 0 aliphatic carbocycles. The van der Waals surface area contributed by atoms with Crippen LogP contribution in [0.5, 0.6) is 11.6 Å². The van der Waals surface area contributed by atoms with Crippen molar-refractivity contribution in [2.75, 3.05) is 13.7 Å². The van der Waals surface area contributed by atoms with Crippen LogP contribution in [0.25, 0.3) is 11.0 Å². The normalized spacial score (nSPS) is 22.7. The molecule has 0 amide bonds. The molecule has 3 atom stereocenters. The molecular weight excluding hydrogens is 370 g/mol.